The first kappa shape index (κ1) is 15.2. The van der Waals surface area contributed by atoms with E-state index in [9.17, 15) is 9.90 Å². The largest absolute Gasteiger partial charge is 0.506 e. The van der Waals surface area contributed by atoms with Gasteiger partial charge in [0, 0.05) is 24.8 Å². The van der Waals surface area contributed by atoms with Gasteiger partial charge in [-0.1, -0.05) is 17.7 Å². The number of carbonyl (C=O) groups is 1. The molecule has 0 aliphatic rings. The molecule has 110 valence electrons. The van der Waals surface area contributed by atoms with Gasteiger partial charge in [0.25, 0.3) is 5.91 Å². The van der Waals surface area contributed by atoms with Gasteiger partial charge in [0.1, 0.15) is 5.75 Å². The first-order valence-electron chi connectivity index (χ1n) is 6.55. The Morgan fingerprint density at radius 1 is 1.24 bits per heavy atom. The van der Waals surface area contributed by atoms with Gasteiger partial charge >= 0.3 is 0 Å². The first-order chi connectivity index (χ1) is 10.0. The van der Waals surface area contributed by atoms with Crippen LogP contribution in [0, 0.1) is 6.92 Å². The quantitative estimate of drug-likeness (QED) is 0.812. The lowest BCUT2D eigenvalue weighted by Gasteiger charge is -2.11. The van der Waals surface area contributed by atoms with Crippen LogP contribution in [0.2, 0.25) is 5.02 Å². The highest BCUT2D eigenvalue weighted by Gasteiger charge is 2.06. The number of rotatable bonds is 4. The fourth-order valence-corrected chi connectivity index (χ4v) is 2.21. The Morgan fingerprint density at radius 3 is 2.62 bits per heavy atom. The Morgan fingerprint density at radius 2 is 2.00 bits per heavy atom. The Bertz CT molecular complexity index is 671. The molecule has 2 aromatic rings. The zero-order valence-electron chi connectivity index (χ0n) is 11.9. The number of hydrogen-bond acceptors (Lipinski definition) is 3. The third-order valence-electron chi connectivity index (χ3n) is 3.21. The molecular formula is C16H17ClN2O2. The van der Waals surface area contributed by atoms with E-state index >= 15 is 0 Å². The summed E-state index contributed by atoms with van der Waals surface area (Å²) in [7, 11) is 1.61. The maximum Gasteiger partial charge on any atom is 0.251 e. The molecule has 0 fully saturated rings. The van der Waals surface area contributed by atoms with Crippen LogP contribution in [0.15, 0.2) is 36.4 Å². The molecule has 2 aromatic carbocycles. The zero-order valence-corrected chi connectivity index (χ0v) is 12.7. The van der Waals surface area contributed by atoms with Crippen molar-refractivity contribution >= 4 is 23.2 Å². The van der Waals surface area contributed by atoms with Crippen molar-refractivity contribution in [2.45, 2.75) is 13.5 Å². The van der Waals surface area contributed by atoms with E-state index in [1.807, 2.05) is 25.1 Å². The Hall–Kier alpha value is -2.20. The van der Waals surface area contributed by atoms with Crippen molar-refractivity contribution in [1.82, 2.24) is 5.32 Å². The summed E-state index contributed by atoms with van der Waals surface area (Å²) < 4.78 is 0. The number of anilines is 1. The summed E-state index contributed by atoms with van der Waals surface area (Å²) in [5.41, 5.74) is 3.54. The van der Waals surface area contributed by atoms with Crippen molar-refractivity contribution in [2.24, 2.45) is 0 Å². The molecule has 21 heavy (non-hydrogen) atoms. The molecule has 0 aliphatic carbocycles. The third kappa shape index (κ3) is 3.67. The van der Waals surface area contributed by atoms with Gasteiger partial charge in [0.15, 0.2) is 0 Å². The molecule has 0 atom stereocenters. The van der Waals surface area contributed by atoms with Crippen molar-refractivity contribution in [1.29, 1.82) is 0 Å². The molecule has 2 rings (SSSR count). The van der Waals surface area contributed by atoms with Gasteiger partial charge in [-0.25, -0.2) is 0 Å². The van der Waals surface area contributed by atoms with Crippen molar-refractivity contribution in [2.75, 3.05) is 12.4 Å². The molecular weight excluding hydrogens is 288 g/mol. The number of halogens is 1. The fourth-order valence-electron chi connectivity index (χ4n) is 2.01. The fraction of sp³-hybridized carbons (Fsp3) is 0.188. The lowest BCUT2D eigenvalue weighted by atomic mass is 10.1. The molecule has 0 spiro atoms. The molecule has 1 amide bonds. The van der Waals surface area contributed by atoms with Gasteiger partial charge < -0.3 is 15.7 Å². The second-order valence-electron chi connectivity index (χ2n) is 4.75. The van der Waals surface area contributed by atoms with Crippen LogP contribution in [-0.2, 0) is 6.54 Å². The molecule has 0 radical (unpaired) electrons. The van der Waals surface area contributed by atoms with E-state index < -0.39 is 0 Å². The minimum absolute atomic E-state index is 0.0755. The van der Waals surface area contributed by atoms with E-state index in [0.29, 0.717) is 17.1 Å². The predicted octanol–water partition coefficient (Wildman–Crippen LogP) is 3.33. The number of aromatic hydroxyl groups is 1. The number of nitrogens with one attached hydrogen (secondary N) is 2. The zero-order chi connectivity index (χ0) is 15.4. The van der Waals surface area contributed by atoms with E-state index in [2.05, 4.69) is 10.6 Å². The molecule has 0 unspecified atom stereocenters. The van der Waals surface area contributed by atoms with E-state index in [1.165, 1.54) is 0 Å². The molecule has 0 heterocycles. The number of phenolic OH excluding ortho intramolecular Hbond substituents is 1. The van der Waals surface area contributed by atoms with Crippen LogP contribution < -0.4 is 10.6 Å². The lowest BCUT2D eigenvalue weighted by Crippen LogP contribution is -2.17. The molecule has 0 aliphatic heterocycles. The van der Waals surface area contributed by atoms with E-state index in [4.69, 9.17) is 11.6 Å². The molecule has 0 saturated heterocycles. The number of carbonyl (C=O) groups excluding carboxylic acids is 1. The second kappa shape index (κ2) is 6.50. The normalized spacial score (nSPS) is 10.2. The van der Waals surface area contributed by atoms with Gasteiger partial charge in [0.05, 0.1) is 5.02 Å². The van der Waals surface area contributed by atoms with Crippen LogP contribution in [0.5, 0.6) is 5.75 Å². The Labute approximate surface area is 128 Å². The molecule has 3 N–H and O–H groups in total. The average Bonchev–Trinajstić information content (AvgIpc) is 2.48. The summed E-state index contributed by atoms with van der Waals surface area (Å²) >= 11 is 5.88. The number of phenols is 1. The van der Waals surface area contributed by atoms with Crippen LogP contribution in [0.3, 0.4) is 0 Å². The molecule has 5 heteroatoms. The SMILES string of the molecule is CNC(=O)c1ccc(NCc2ccc(O)c(Cl)c2)c(C)c1. The highest BCUT2D eigenvalue weighted by Crippen LogP contribution is 2.24. The summed E-state index contributed by atoms with van der Waals surface area (Å²) in [4.78, 5) is 11.6. The summed E-state index contributed by atoms with van der Waals surface area (Å²) in [5.74, 6) is -0.0264. The maximum atomic E-state index is 11.6. The predicted molar refractivity (Wildman–Crippen MR) is 85.0 cm³/mol. The van der Waals surface area contributed by atoms with Crippen molar-refractivity contribution in [3.8, 4) is 5.75 Å². The van der Waals surface area contributed by atoms with Crippen molar-refractivity contribution in [3.05, 3.63) is 58.1 Å². The van der Waals surface area contributed by atoms with Crippen LogP contribution in [0.1, 0.15) is 21.5 Å². The standard InChI is InChI=1S/C16H17ClN2O2/c1-10-7-12(16(21)18-2)4-5-14(10)19-9-11-3-6-15(20)13(17)8-11/h3-8,19-20H,9H2,1-2H3,(H,18,21). The molecule has 0 bridgehead atoms. The molecule has 0 aromatic heterocycles. The van der Waals surface area contributed by atoms with E-state index in [1.54, 1.807) is 25.2 Å². The van der Waals surface area contributed by atoms with Crippen LogP contribution in [0.4, 0.5) is 5.69 Å². The summed E-state index contributed by atoms with van der Waals surface area (Å²) in [6, 6.07) is 10.6. The lowest BCUT2D eigenvalue weighted by molar-refractivity contribution is 0.0963. The van der Waals surface area contributed by atoms with Crippen LogP contribution in [0.25, 0.3) is 0 Å². The van der Waals surface area contributed by atoms with Gasteiger partial charge in [0.2, 0.25) is 0 Å². The Balaban J connectivity index is 2.09. The van der Waals surface area contributed by atoms with Crippen molar-refractivity contribution in [3.63, 3.8) is 0 Å². The minimum atomic E-state index is -0.102. The summed E-state index contributed by atoms with van der Waals surface area (Å²) in [6.07, 6.45) is 0. The van der Waals surface area contributed by atoms with Gasteiger partial charge in [-0.2, -0.15) is 0 Å². The highest BCUT2D eigenvalue weighted by molar-refractivity contribution is 6.32. The Kier molecular flexibility index (Phi) is 4.70. The smallest absolute Gasteiger partial charge is 0.251 e. The first-order valence-corrected chi connectivity index (χ1v) is 6.93. The second-order valence-corrected chi connectivity index (χ2v) is 5.16. The number of benzene rings is 2. The van der Waals surface area contributed by atoms with Crippen LogP contribution in [-0.4, -0.2) is 18.1 Å². The maximum absolute atomic E-state index is 11.6. The minimum Gasteiger partial charge on any atom is -0.506 e. The number of hydrogen-bond donors (Lipinski definition) is 3. The van der Waals surface area contributed by atoms with Gasteiger partial charge in [-0.15, -0.1) is 0 Å². The molecule has 0 saturated carbocycles. The van der Waals surface area contributed by atoms with Crippen LogP contribution >= 0.6 is 11.6 Å². The van der Waals surface area contributed by atoms with Crippen molar-refractivity contribution < 1.29 is 9.90 Å². The third-order valence-corrected chi connectivity index (χ3v) is 3.51. The van der Waals surface area contributed by atoms with Gasteiger partial charge in [-0.3, -0.25) is 4.79 Å². The average molecular weight is 305 g/mol. The summed E-state index contributed by atoms with van der Waals surface area (Å²) in [6.45, 7) is 2.53. The number of aryl methyl sites for hydroxylation is 1. The summed E-state index contributed by atoms with van der Waals surface area (Å²) in [5, 5.41) is 15.6. The number of amides is 1. The monoisotopic (exact) mass is 304 g/mol. The van der Waals surface area contributed by atoms with Gasteiger partial charge in [-0.05, 0) is 48.4 Å². The van der Waals surface area contributed by atoms with E-state index in [0.717, 1.165) is 16.8 Å². The molecule has 4 nitrogen and oxygen atoms in total. The topological polar surface area (TPSA) is 61.4 Å². The highest BCUT2D eigenvalue weighted by atomic mass is 35.5. The van der Waals surface area contributed by atoms with E-state index in [-0.39, 0.29) is 11.7 Å².